The predicted molar refractivity (Wildman–Crippen MR) is 72.0 cm³/mol. The van der Waals surface area contributed by atoms with E-state index in [1.165, 1.54) is 0 Å². The van der Waals surface area contributed by atoms with Crippen LogP contribution in [0.1, 0.15) is 18.5 Å². The van der Waals surface area contributed by atoms with Gasteiger partial charge in [-0.3, -0.25) is 4.79 Å². The van der Waals surface area contributed by atoms with Gasteiger partial charge in [0.15, 0.2) is 0 Å². The van der Waals surface area contributed by atoms with Crippen LogP contribution in [0.5, 0.6) is 0 Å². The zero-order valence-corrected chi connectivity index (χ0v) is 11.0. The number of nitrogens with two attached hydrogens (primary N) is 1. The van der Waals surface area contributed by atoms with Gasteiger partial charge in [0, 0.05) is 25.7 Å². The summed E-state index contributed by atoms with van der Waals surface area (Å²) in [6, 6.07) is 9.42. The molecular formula is C14H21N3O. The molecule has 2 rings (SSSR count). The summed E-state index contributed by atoms with van der Waals surface area (Å²) < 4.78 is 0. The molecule has 1 aromatic rings. The van der Waals surface area contributed by atoms with Gasteiger partial charge in [0.05, 0.1) is 0 Å². The minimum atomic E-state index is -0.540. The average molecular weight is 247 g/mol. The van der Waals surface area contributed by atoms with Crippen molar-refractivity contribution >= 4 is 5.91 Å². The van der Waals surface area contributed by atoms with Gasteiger partial charge in [0.1, 0.15) is 6.04 Å². The number of carbonyl (C=O) groups excluding carboxylic acids is 1. The molecule has 1 heterocycles. The van der Waals surface area contributed by atoms with Crippen LogP contribution < -0.4 is 5.73 Å². The zero-order valence-electron chi connectivity index (χ0n) is 11.0. The van der Waals surface area contributed by atoms with Gasteiger partial charge < -0.3 is 15.5 Å². The Balaban J connectivity index is 2.03. The van der Waals surface area contributed by atoms with Crippen LogP contribution in [0.4, 0.5) is 0 Å². The quantitative estimate of drug-likeness (QED) is 0.843. The number of nitrogens with zero attached hydrogens (tertiary/aromatic N) is 2. The van der Waals surface area contributed by atoms with Gasteiger partial charge in [-0.05, 0) is 19.5 Å². The summed E-state index contributed by atoms with van der Waals surface area (Å²) in [5, 5.41) is 0. The van der Waals surface area contributed by atoms with E-state index < -0.39 is 6.04 Å². The third-order valence-electron chi connectivity index (χ3n) is 3.70. The summed E-state index contributed by atoms with van der Waals surface area (Å²) in [5.74, 6) is 0.0288. The van der Waals surface area contributed by atoms with Crippen LogP contribution in [0.15, 0.2) is 30.3 Å². The van der Waals surface area contributed by atoms with E-state index in [0.717, 1.165) is 25.2 Å². The minimum Gasteiger partial charge on any atom is -0.338 e. The van der Waals surface area contributed by atoms with Crippen LogP contribution in [0.2, 0.25) is 0 Å². The van der Waals surface area contributed by atoms with Crippen LogP contribution in [0.3, 0.4) is 0 Å². The van der Waals surface area contributed by atoms with Gasteiger partial charge in [-0.15, -0.1) is 0 Å². The second-order valence-electron chi connectivity index (χ2n) is 5.00. The van der Waals surface area contributed by atoms with E-state index in [-0.39, 0.29) is 5.91 Å². The average Bonchev–Trinajstić information content (AvgIpc) is 2.41. The first-order valence-corrected chi connectivity index (χ1v) is 6.39. The van der Waals surface area contributed by atoms with Crippen molar-refractivity contribution in [3.8, 4) is 0 Å². The second-order valence-corrected chi connectivity index (χ2v) is 5.00. The molecule has 0 aromatic heterocycles. The van der Waals surface area contributed by atoms with E-state index in [2.05, 4.69) is 18.9 Å². The summed E-state index contributed by atoms with van der Waals surface area (Å²) >= 11 is 0. The van der Waals surface area contributed by atoms with Crippen molar-refractivity contribution in [2.45, 2.75) is 19.0 Å². The molecular weight excluding hydrogens is 226 g/mol. The van der Waals surface area contributed by atoms with E-state index in [1.54, 1.807) is 0 Å². The van der Waals surface area contributed by atoms with Crippen LogP contribution in [-0.2, 0) is 4.79 Å². The maximum absolute atomic E-state index is 12.3. The number of hydrogen-bond donors (Lipinski definition) is 1. The Morgan fingerprint density at radius 2 is 2.00 bits per heavy atom. The van der Waals surface area contributed by atoms with Crippen molar-refractivity contribution < 1.29 is 4.79 Å². The molecule has 2 unspecified atom stereocenters. The number of rotatable bonds is 2. The maximum atomic E-state index is 12.3. The fourth-order valence-corrected chi connectivity index (χ4v) is 2.25. The third-order valence-corrected chi connectivity index (χ3v) is 3.70. The Morgan fingerprint density at radius 3 is 2.61 bits per heavy atom. The zero-order chi connectivity index (χ0) is 13.1. The van der Waals surface area contributed by atoms with E-state index >= 15 is 0 Å². The topological polar surface area (TPSA) is 49.6 Å². The Labute approximate surface area is 108 Å². The molecule has 1 saturated heterocycles. The SMILES string of the molecule is CC1CN(C(=O)C(N)c2ccccc2)CCN1C. The Kier molecular flexibility index (Phi) is 3.99. The van der Waals surface area contributed by atoms with Gasteiger partial charge in [-0.25, -0.2) is 0 Å². The third kappa shape index (κ3) is 2.71. The van der Waals surface area contributed by atoms with E-state index in [9.17, 15) is 4.79 Å². The molecule has 1 aliphatic heterocycles. The molecule has 1 amide bonds. The normalized spacial score (nSPS) is 22.8. The molecule has 0 spiro atoms. The van der Waals surface area contributed by atoms with E-state index in [1.807, 2.05) is 35.2 Å². The lowest BCUT2D eigenvalue weighted by atomic mass is 10.1. The van der Waals surface area contributed by atoms with Crippen molar-refractivity contribution in [2.75, 3.05) is 26.7 Å². The largest absolute Gasteiger partial charge is 0.338 e. The van der Waals surface area contributed by atoms with E-state index in [0.29, 0.717) is 6.04 Å². The van der Waals surface area contributed by atoms with Crippen molar-refractivity contribution in [3.05, 3.63) is 35.9 Å². The van der Waals surface area contributed by atoms with Gasteiger partial charge in [0.25, 0.3) is 0 Å². The van der Waals surface area contributed by atoms with E-state index in [4.69, 9.17) is 5.73 Å². The number of likely N-dealkylation sites (N-methyl/N-ethyl adjacent to an activating group) is 1. The molecule has 0 saturated carbocycles. The van der Waals surface area contributed by atoms with Crippen molar-refractivity contribution in [1.82, 2.24) is 9.80 Å². The molecule has 4 heteroatoms. The summed E-state index contributed by atoms with van der Waals surface area (Å²) in [6.07, 6.45) is 0. The van der Waals surface area contributed by atoms with Gasteiger partial charge in [-0.1, -0.05) is 30.3 Å². The summed E-state index contributed by atoms with van der Waals surface area (Å²) in [4.78, 5) is 16.5. The summed E-state index contributed by atoms with van der Waals surface area (Å²) in [7, 11) is 2.09. The number of hydrogen-bond acceptors (Lipinski definition) is 3. The number of piperazine rings is 1. The van der Waals surface area contributed by atoms with Crippen LogP contribution in [0, 0.1) is 0 Å². The fraction of sp³-hybridized carbons (Fsp3) is 0.500. The fourth-order valence-electron chi connectivity index (χ4n) is 2.25. The highest BCUT2D eigenvalue weighted by atomic mass is 16.2. The molecule has 0 bridgehead atoms. The molecule has 1 fully saturated rings. The standard InChI is InChI=1S/C14H21N3O/c1-11-10-17(9-8-16(11)2)14(18)13(15)12-6-4-3-5-7-12/h3-7,11,13H,8-10,15H2,1-2H3. The van der Waals surface area contributed by atoms with Crippen LogP contribution >= 0.6 is 0 Å². The first-order valence-electron chi connectivity index (χ1n) is 6.39. The molecule has 0 aliphatic carbocycles. The predicted octanol–water partition coefficient (Wildman–Crippen LogP) is 0.849. The molecule has 2 atom stereocenters. The maximum Gasteiger partial charge on any atom is 0.244 e. The second kappa shape index (κ2) is 5.50. The number of benzene rings is 1. The minimum absolute atomic E-state index is 0.0288. The van der Waals surface area contributed by atoms with Gasteiger partial charge >= 0.3 is 0 Å². The lowest BCUT2D eigenvalue weighted by molar-refractivity contribution is -0.135. The summed E-state index contributed by atoms with van der Waals surface area (Å²) in [6.45, 7) is 4.57. The Hall–Kier alpha value is -1.39. The molecule has 1 aliphatic rings. The monoisotopic (exact) mass is 247 g/mol. The highest BCUT2D eigenvalue weighted by molar-refractivity contribution is 5.83. The smallest absolute Gasteiger partial charge is 0.244 e. The lowest BCUT2D eigenvalue weighted by Crippen LogP contribution is -2.53. The molecule has 18 heavy (non-hydrogen) atoms. The highest BCUT2D eigenvalue weighted by Gasteiger charge is 2.28. The van der Waals surface area contributed by atoms with Gasteiger partial charge in [-0.2, -0.15) is 0 Å². The number of amides is 1. The molecule has 1 aromatic carbocycles. The Morgan fingerprint density at radius 1 is 1.33 bits per heavy atom. The van der Waals surface area contributed by atoms with Crippen molar-refractivity contribution in [3.63, 3.8) is 0 Å². The van der Waals surface area contributed by atoms with Crippen LogP contribution in [0.25, 0.3) is 0 Å². The Bertz CT molecular complexity index is 407. The van der Waals surface area contributed by atoms with Crippen molar-refractivity contribution in [1.29, 1.82) is 0 Å². The molecule has 0 radical (unpaired) electrons. The molecule has 2 N–H and O–H groups in total. The first-order chi connectivity index (χ1) is 8.59. The number of carbonyl (C=O) groups is 1. The highest BCUT2D eigenvalue weighted by Crippen LogP contribution is 2.15. The van der Waals surface area contributed by atoms with Gasteiger partial charge in [0.2, 0.25) is 5.91 Å². The lowest BCUT2D eigenvalue weighted by Gasteiger charge is -2.38. The molecule has 4 nitrogen and oxygen atoms in total. The summed E-state index contributed by atoms with van der Waals surface area (Å²) in [5.41, 5.74) is 6.93. The first kappa shape index (κ1) is 13.1. The molecule has 98 valence electrons. The van der Waals surface area contributed by atoms with Crippen LogP contribution in [-0.4, -0.2) is 48.4 Å². The van der Waals surface area contributed by atoms with Crippen molar-refractivity contribution in [2.24, 2.45) is 5.73 Å².